The van der Waals surface area contributed by atoms with E-state index in [0.717, 1.165) is 6.07 Å². The Balaban J connectivity index is 2.16. The van der Waals surface area contributed by atoms with E-state index in [0.29, 0.717) is 27.5 Å². The van der Waals surface area contributed by atoms with Crippen molar-refractivity contribution >= 4 is 23.2 Å². The summed E-state index contributed by atoms with van der Waals surface area (Å²) in [7, 11) is 0. The van der Waals surface area contributed by atoms with E-state index >= 15 is 0 Å². The van der Waals surface area contributed by atoms with Crippen LogP contribution >= 0.6 is 11.6 Å². The Kier molecular flexibility index (Phi) is 4.56. The van der Waals surface area contributed by atoms with Crippen LogP contribution in [-0.4, -0.2) is 10.5 Å². The van der Waals surface area contributed by atoms with Gasteiger partial charge in [-0.1, -0.05) is 17.7 Å². The van der Waals surface area contributed by atoms with Gasteiger partial charge in [-0.05, 0) is 24.3 Å². The van der Waals surface area contributed by atoms with Crippen LogP contribution in [0.5, 0.6) is 0 Å². The maximum absolute atomic E-state index is 12.6. The predicted octanol–water partition coefficient (Wildman–Crippen LogP) is 3.16. The first-order valence-corrected chi connectivity index (χ1v) is 6.46. The van der Waals surface area contributed by atoms with Crippen LogP contribution in [0.4, 0.5) is 18.9 Å². The highest BCUT2D eigenvalue weighted by molar-refractivity contribution is 6.30. The van der Waals surface area contributed by atoms with Crippen molar-refractivity contribution in [2.24, 2.45) is 0 Å². The van der Waals surface area contributed by atoms with Crippen molar-refractivity contribution in [2.75, 3.05) is 5.32 Å². The first kappa shape index (κ1) is 16.1. The van der Waals surface area contributed by atoms with E-state index in [2.05, 4.69) is 5.32 Å². The fourth-order valence-electron chi connectivity index (χ4n) is 1.74. The van der Waals surface area contributed by atoms with Crippen molar-refractivity contribution < 1.29 is 18.0 Å². The molecule has 0 saturated carbocycles. The van der Waals surface area contributed by atoms with Crippen molar-refractivity contribution in [3.63, 3.8) is 0 Å². The molecule has 1 amide bonds. The van der Waals surface area contributed by atoms with Gasteiger partial charge in [0.1, 0.15) is 6.54 Å². The number of hydrogen-bond donors (Lipinski definition) is 1. The maximum Gasteiger partial charge on any atom is 0.417 e. The largest absolute Gasteiger partial charge is 0.417 e. The summed E-state index contributed by atoms with van der Waals surface area (Å²) in [6, 6.07) is 7.71. The summed E-state index contributed by atoms with van der Waals surface area (Å²) < 4.78 is 38.5. The number of pyridine rings is 1. The van der Waals surface area contributed by atoms with Gasteiger partial charge in [-0.3, -0.25) is 9.59 Å². The summed E-state index contributed by atoms with van der Waals surface area (Å²) in [5.74, 6) is -0.635. The number of anilines is 1. The van der Waals surface area contributed by atoms with Crippen molar-refractivity contribution in [3.05, 3.63) is 63.5 Å². The van der Waals surface area contributed by atoms with E-state index < -0.39 is 29.8 Å². The molecule has 0 unspecified atom stereocenters. The van der Waals surface area contributed by atoms with Crippen LogP contribution in [0.15, 0.2) is 47.4 Å². The molecule has 0 aliphatic carbocycles. The van der Waals surface area contributed by atoms with Gasteiger partial charge in [0.25, 0.3) is 5.56 Å². The van der Waals surface area contributed by atoms with E-state index in [1.54, 1.807) is 18.2 Å². The highest BCUT2D eigenvalue weighted by Crippen LogP contribution is 2.28. The normalized spacial score (nSPS) is 11.3. The zero-order chi connectivity index (χ0) is 16.3. The molecule has 0 spiro atoms. The first-order valence-electron chi connectivity index (χ1n) is 6.09. The van der Waals surface area contributed by atoms with Crippen molar-refractivity contribution in [1.82, 2.24) is 4.57 Å². The zero-order valence-electron chi connectivity index (χ0n) is 11.0. The van der Waals surface area contributed by atoms with Gasteiger partial charge in [0.2, 0.25) is 5.91 Å². The van der Waals surface area contributed by atoms with Crippen LogP contribution in [-0.2, 0) is 17.5 Å². The van der Waals surface area contributed by atoms with Gasteiger partial charge in [0.05, 0.1) is 5.56 Å². The second kappa shape index (κ2) is 6.23. The summed E-state index contributed by atoms with van der Waals surface area (Å²) >= 11 is 5.75. The standard InChI is InChI=1S/C14H10ClF3N2O2/c15-10-2-1-3-11(6-10)19-12(21)8-20-7-9(14(16,17)18)4-5-13(20)22/h1-7H,8H2,(H,19,21). The Bertz CT molecular complexity index is 756. The second-order valence-electron chi connectivity index (χ2n) is 4.44. The third-order valence-electron chi connectivity index (χ3n) is 2.73. The van der Waals surface area contributed by atoms with Gasteiger partial charge in [-0.15, -0.1) is 0 Å². The van der Waals surface area contributed by atoms with Gasteiger partial charge in [-0.2, -0.15) is 13.2 Å². The third kappa shape index (κ3) is 4.11. The average Bonchev–Trinajstić information content (AvgIpc) is 2.40. The fraction of sp³-hybridized carbons (Fsp3) is 0.143. The van der Waals surface area contributed by atoms with Gasteiger partial charge in [0.15, 0.2) is 0 Å². The number of nitrogens with zero attached hydrogens (tertiary/aromatic N) is 1. The number of hydrogen-bond acceptors (Lipinski definition) is 2. The van der Waals surface area contributed by atoms with Gasteiger partial charge >= 0.3 is 6.18 Å². The van der Waals surface area contributed by atoms with E-state index in [9.17, 15) is 22.8 Å². The van der Waals surface area contributed by atoms with E-state index in [-0.39, 0.29) is 0 Å². The molecule has 1 aromatic heterocycles. The van der Waals surface area contributed by atoms with Crippen LogP contribution in [0.3, 0.4) is 0 Å². The number of halogens is 4. The Labute approximate surface area is 128 Å². The molecule has 1 aromatic carbocycles. The Hall–Kier alpha value is -2.28. The van der Waals surface area contributed by atoms with Gasteiger partial charge < -0.3 is 9.88 Å². The minimum atomic E-state index is -4.58. The van der Waals surface area contributed by atoms with Crippen LogP contribution < -0.4 is 10.9 Å². The molecule has 2 rings (SSSR count). The van der Waals surface area contributed by atoms with Crippen LogP contribution in [0, 0.1) is 0 Å². The number of nitrogens with one attached hydrogen (secondary N) is 1. The number of carbonyl (C=O) groups excluding carboxylic acids is 1. The summed E-state index contributed by atoms with van der Waals surface area (Å²) in [4.78, 5) is 23.3. The Morgan fingerprint density at radius 2 is 1.95 bits per heavy atom. The molecule has 0 fully saturated rings. The van der Waals surface area contributed by atoms with E-state index in [4.69, 9.17) is 11.6 Å². The van der Waals surface area contributed by atoms with Crippen LogP contribution in [0.2, 0.25) is 5.02 Å². The monoisotopic (exact) mass is 330 g/mol. The molecule has 22 heavy (non-hydrogen) atoms. The quantitative estimate of drug-likeness (QED) is 0.940. The molecular formula is C14H10ClF3N2O2. The van der Waals surface area contributed by atoms with Crippen molar-refractivity contribution in [3.8, 4) is 0 Å². The lowest BCUT2D eigenvalue weighted by Crippen LogP contribution is -2.28. The molecular weight excluding hydrogens is 321 g/mol. The minimum absolute atomic E-state index is 0.387. The first-order chi connectivity index (χ1) is 10.3. The molecule has 0 bridgehead atoms. The van der Waals surface area contributed by atoms with Crippen molar-refractivity contribution in [2.45, 2.75) is 12.7 Å². The summed E-state index contributed by atoms with van der Waals surface area (Å²) in [5.41, 5.74) is -1.31. The smallest absolute Gasteiger partial charge is 0.324 e. The Morgan fingerprint density at radius 1 is 1.23 bits per heavy atom. The van der Waals surface area contributed by atoms with Crippen molar-refractivity contribution in [1.29, 1.82) is 0 Å². The number of amides is 1. The predicted molar refractivity (Wildman–Crippen MR) is 75.8 cm³/mol. The molecule has 0 atom stereocenters. The van der Waals surface area contributed by atoms with Crippen LogP contribution in [0.25, 0.3) is 0 Å². The third-order valence-corrected chi connectivity index (χ3v) is 2.97. The van der Waals surface area contributed by atoms with Crippen LogP contribution in [0.1, 0.15) is 5.56 Å². The van der Waals surface area contributed by atoms with Gasteiger partial charge in [-0.25, -0.2) is 0 Å². The number of alkyl halides is 3. The molecule has 0 aliphatic rings. The fourth-order valence-corrected chi connectivity index (χ4v) is 1.93. The molecule has 0 aliphatic heterocycles. The SMILES string of the molecule is O=C(Cn1cc(C(F)(F)F)ccc1=O)Nc1cccc(Cl)c1. The molecule has 1 N–H and O–H groups in total. The highest BCUT2D eigenvalue weighted by Gasteiger charge is 2.31. The zero-order valence-corrected chi connectivity index (χ0v) is 11.8. The number of benzene rings is 1. The lowest BCUT2D eigenvalue weighted by atomic mass is 10.2. The molecule has 0 radical (unpaired) electrons. The van der Waals surface area contributed by atoms with Gasteiger partial charge in [0, 0.05) is 23.0 Å². The van der Waals surface area contributed by atoms with E-state index in [1.807, 2.05) is 0 Å². The molecule has 116 valence electrons. The molecule has 0 saturated heterocycles. The summed E-state index contributed by atoms with van der Waals surface area (Å²) in [5, 5.41) is 2.85. The molecule has 4 nitrogen and oxygen atoms in total. The average molecular weight is 331 g/mol. The molecule has 8 heteroatoms. The molecule has 2 aromatic rings. The summed E-state index contributed by atoms with van der Waals surface area (Å²) in [6.45, 7) is -0.532. The topological polar surface area (TPSA) is 51.1 Å². The van der Waals surface area contributed by atoms with E-state index in [1.165, 1.54) is 6.07 Å². The molecule has 1 heterocycles. The lowest BCUT2D eigenvalue weighted by Gasteiger charge is -2.11. The number of carbonyl (C=O) groups is 1. The number of aromatic nitrogens is 1. The second-order valence-corrected chi connectivity index (χ2v) is 4.88. The summed E-state index contributed by atoms with van der Waals surface area (Å²) in [6.07, 6.45) is -3.97. The highest BCUT2D eigenvalue weighted by atomic mass is 35.5. The lowest BCUT2D eigenvalue weighted by molar-refractivity contribution is -0.138. The maximum atomic E-state index is 12.6. The Morgan fingerprint density at radius 3 is 2.59 bits per heavy atom. The minimum Gasteiger partial charge on any atom is -0.324 e. The number of rotatable bonds is 3.